The first-order chi connectivity index (χ1) is 22.6. The Labute approximate surface area is 275 Å². The molecule has 3 saturated carbocycles. The number of aryl methyl sites for hydroxylation is 2. The van der Waals surface area contributed by atoms with E-state index in [4.69, 9.17) is 9.98 Å². The van der Waals surface area contributed by atoms with Gasteiger partial charge in [-0.2, -0.15) is 0 Å². The molecule has 4 aliphatic rings. The zero-order chi connectivity index (χ0) is 32.9. The predicted octanol–water partition coefficient (Wildman–Crippen LogP) is 5.68. The van der Waals surface area contributed by atoms with Crippen LogP contribution in [-0.2, 0) is 13.0 Å². The summed E-state index contributed by atoms with van der Waals surface area (Å²) in [4.78, 5) is 35.8. The van der Waals surface area contributed by atoms with E-state index in [0.29, 0.717) is 58.7 Å². The first kappa shape index (κ1) is 31.4. The highest BCUT2D eigenvalue weighted by atomic mass is 19.1. The molecule has 3 aliphatic carbocycles. The standard InChI is InChI=1S/C37H45FN8O/c1-22-19-41-33(20-40-22)34-43-32-18-28(10-11-29(32)35(47)46(34)14-12-25-6-8-27(38)9-7-25)42-36(45-15-13-39-23(2)21-45)44-31-17-26-16-30(24(31)3)37(26,4)5/h6-11,18-20,23-24,26,30-31,39H,12-17,21H2,1-5H3,(H,42,44)/t23-,24-,26-,30+,31?/m0/s1. The average molecular weight is 637 g/mol. The van der Waals surface area contributed by atoms with Crippen molar-refractivity contribution < 1.29 is 4.39 Å². The van der Waals surface area contributed by atoms with Gasteiger partial charge in [-0.1, -0.05) is 32.9 Å². The first-order valence-corrected chi connectivity index (χ1v) is 17.0. The molecule has 246 valence electrons. The Morgan fingerprint density at radius 2 is 1.91 bits per heavy atom. The second kappa shape index (κ2) is 12.4. The molecule has 47 heavy (non-hydrogen) atoms. The van der Waals surface area contributed by atoms with Crippen LogP contribution in [0.15, 0.2) is 64.6 Å². The maximum atomic E-state index is 14.0. The molecule has 2 bridgehead atoms. The Hall–Kier alpha value is -4.18. The van der Waals surface area contributed by atoms with Crippen LogP contribution in [0.1, 0.15) is 51.8 Å². The zero-order valence-electron chi connectivity index (χ0n) is 28.0. The summed E-state index contributed by atoms with van der Waals surface area (Å²) in [6.07, 6.45) is 6.32. The number of hydrogen-bond acceptors (Lipinski definition) is 6. The molecule has 1 saturated heterocycles. The van der Waals surface area contributed by atoms with Crippen LogP contribution < -0.4 is 16.2 Å². The number of aromatic nitrogens is 4. The lowest BCUT2D eigenvalue weighted by atomic mass is 9.45. The molecular formula is C37H45FN8O. The van der Waals surface area contributed by atoms with Crippen molar-refractivity contribution in [3.8, 4) is 11.5 Å². The molecule has 5 atom stereocenters. The molecule has 10 heteroatoms. The van der Waals surface area contributed by atoms with E-state index < -0.39 is 0 Å². The lowest BCUT2D eigenvalue weighted by Gasteiger charge is -2.61. The summed E-state index contributed by atoms with van der Waals surface area (Å²) < 4.78 is 15.2. The van der Waals surface area contributed by atoms with Gasteiger partial charge in [-0.25, -0.2) is 19.4 Å². The summed E-state index contributed by atoms with van der Waals surface area (Å²) in [6, 6.07) is 12.7. The van der Waals surface area contributed by atoms with Crippen molar-refractivity contribution in [3.05, 3.63) is 82.3 Å². The molecule has 8 rings (SSSR count). The minimum absolute atomic E-state index is 0.149. The molecule has 1 aliphatic heterocycles. The minimum atomic E-state index is -0.285. The van der Waals surface area contributed by atoms with E-state index in [1.54, 1.807) is 29.1 Å². The van der Waals surface area contributed by atoms with Gasteiger partial charge in [-0.3, -0.25) is 14.3 Å². The summed E-state index contributed by atoms with van der Waals surface area (Å²) in [5.74, 6) is 3.02. The topological polar surface area (TPSA) is 100 Å². The number of aliphatic imine (C=N–C) groups is 1. The molecular weight excluding hydrogens is 591 g/mol. The largest absolute Gasteiger partial charge is 0.340 e. The molecule has 2 aromatic carbocycles. The Balaban J connectivity index is 1.24. The molecule has 3 heterocycles. The van der Waals surface area contributed by atoms with Crippen LogP contribution >= 0.6 is 0 Å². The fraction of sp³-hybridized carbons (Fsp3) is 0.486. The van der Waals surface area contributed by atoms with Gasteiger partial charge < -0.3 is 15.5 Å². The average Bonchev–Trinajstić information content (AvgIpc) is 3.05. The highest BCUT2D eigenvalue weighted by Gasteiger charge is 2.56. The lowest BCUT2D eigenvalue weighted by molar-refractivity contribution is -0.108. The number of piperazine rings is 1. The van der Waals surface area contributed by atoms with Crippen molar-refractivity contribution in [2.24, 2.45) is 28.2 Å². The molecule has 0 radical (unpaired) electrons. The third-order valence-corrected chi connectivity index (χ3v) is 11.0. The molecule has 1 unspecified atom stereocenters. The predicted molar refractivity (Wildman–Crippen MR) is 185 cm³/mol. The van der Waals surface area contributed by atoms with Gasteiger partial charge in [0.25, 0.3) is 5.56 Å². The summed E-state index contributed by atoms with van der Waals surface area (Å²) in [6.45, 7) is 14.3. The Bertz CT molecular complexity index is 1850. The van der Waals surface area contributed by atoms with E-state index >= 15 is 0 Å². The molecule has 0 amide bonds. The third kappa shape index (κ3) is 6.15. The zero-order valence-corrected chi connectivity index (χ0v) is 28.0. The van der Waals surface area contributed by atoms with Gasteiger partial charge in [-0.15, -0.1) is 0 Å². The Kier molecular flexibility index (Phi) is 8.32. The highest BCUT2D eigenvalue weighted by Crippen LogP contribution is 2.61. The number of nitrogens with zero attached hydrogens (tertiary/aromatic N) is 6. The van der Waals surface area contributed by atoms with Gasteiger partial charge in [0.05, 0.1) is 28.8 Å². The molecule has 9 nitrogen and oxygen atoms in total. The lowest BCUT2D eigenvalue weighted by Crippen LogP contribution is -2.57. The monoisotopic (exact) mass is 636 g/mol. The van der Waals surface area contributed by atoms with Crippen LogP contribution in [0.25, 0.3) is 22.4 Å². The normalized spacial score (nSPS) is 25.4. The molecule has 2 N–H and O–H groups in total. The molecule has 2 aromatic heterocycles. The van der Waals surface area contributed by atoms with E-state index in [9.17, 15) is 9.18 Å². The van der Waals surface area contributed by atoms with Crippen LogP contribution in [0.5, 0.6) is 0 Å². The van der Waals surface area contributed by atoms with Crippen LogP contribution in [-0.4, -0.2) is 62.1 Å². The molecule has 4 fully saturated rings. The summed E-state index contributed by atoms with van der Waals surface area (Å²) in [5.41, 5.74) is 3.91. The number of halogens is 1. The van der Waals surface area contributed by atoms with Gasteiger partial charge in [-0.05, 0) is 92.2 Å². The van der Waals surface area contributed by atoms with E-state index in [1.807, 2.05) is 25.1 Å². The SMILES string of the molecule is Cc1cnc(-c2nc3cc(NC(=NC4C[C@@H]5C[C@H]([C@@H]4C)C5(C)C)N4CCN[C@@H](C)C4)ccc3c(=O)n2CCc2ccc(F)cc2)cn1. The Morgan fingerprint density at radius 1 is 1.11 bits per heavy atom. The van der Waals surface area contributed by atoms with Crippen molar-refractivity contribution in [1.29, 1.82) is 0 Å². The maximum Gasteiger partial charge on any atom is 0.261 e. The summed E-state index contributed by atoms with van der Waals surface area (Å²) in [7, 11) is 0. The molecule has 4 aromatic rings. The van der Waals surface area contributed by atoms with Crippen LogP contribution in [0, 0.1) is 35.9 Å². The van der Waals surface area contributed by atoms with Crippen LogP contribution in [0.3, 0.4) is 0 Å². The van der Waals surface area contributed by atoms with E-state index in [1.165, 1.54) is 18.6 Å². The van der Waals surface area contributed by atoms with E-state index in [-0.39, 0.29) is 17.4 Å². The van der Waals surface area contributed by atoms with E-state index in [0.717, 1.165) is 54.9 Å². The number of fused-ring (bicyclic) bond motifs is 3. The number of nitrogens with one attached hydrogen (secondary N) is 2. The fourth-order valence-electron chi connectivity index (χ4n) is 8.00. The van der Waals surface area contributed by atoms with Crippen molar-refractivity contribution >= 4 is 22.5 Å². The van der Waals surface area contributed by atoms with Crippen LogP contribution in [0.4, 0.5) is 10.1 Å². The minimum Gasteiger partial charge on any atom is -0.340 e. The number of anilines is 1. The smallest absolute Gasteiger partial charge is 0.261 e. The number of benzene rings is 2. The van der Waals surface area contributed by atoms with Crippen molar-refractivity contribution in [3.63, 3.8) is 0 Å². The van der Waals surface area contributed by atoms with Gasteiger partial charge in [0, 0.05) is 44.1 Å². The van der Waals surface area contributed by atoms with Crippen molar-refractivity contribution in [2.45, 2.75) is 72.5 Å². The quantitative estimate of drug-likeness (QED) is 0.208. The summed E-state index contributed by atoms with van der Waals surface area (Å²) in [5, 5.41) is 7.75. The van der Waals surface area contributed by atoms with Gasteiger partial charge in [0.15, 0.2) is 11.8 Å². The second-order valence-corrected chi connectivity index (χ2v) is 14.4. The number of guanidine groups is 1. The fourth-order valence-corrected chi connectivity index (χ4v) is 8.00. The third-order valence-electron chi connectivity index (χ3n) is 11.0. The van der Waals surface area contributed by atoms with E-state index in [2.05, 4.69) is 53.2 Å². The number of rotatable bonds is 6. The van der Waals surface area contributed by atoms with Crippen molar-refractivity contribution in [2.75, 3.05) is 25.0 Å². The van der Waals surface area contributed by atoms with Crippen molar-refractivity contribution in [1.82, 2.24) is 29.7 Å². The number of hydrogen-bond donors (Lipinski definition) is 2. The summed E-state index contributed by atoms with van der Waals surface area (Å²) >= 11 is 0. The molecule has 0 spiro atoms. The van der Waals surface area contributed by atoms with Gasteiger partial charge in [0.1, 0.15) is 11.5 Å². The van der Waals surface area contributed by atoms with Gasteiger partial charge >= 0.3 is 0 Å². The maximum absolute atomic E-state index is 14.0. The van der Waals surface area contributed by atoms with Gasteiger partial charge in [0.2, 0.25) is 0 Å². The Morgan fingerprint density at radius 3 is 2.62 bits per heavy atom. The highest BCUT2D eigenvalue weighted by molar-refractivity contribution is 5.96. The first-order valence-electron chi connectivity index (χ1n) is 17.0. The second-order valence-electron chi connectivity index (χ2n) is 14.4. The van der Waals surface area contributed by atoms with Crippen LogP contribution in [0.2, 0.25) is 0 Å².